The quantitative estimate of drug-likeness (QED) is 0.355. The average Bonchev–Trinajstić information content (AvgIpc) is 3.12. The van der Waals surface area contributed by atoms with Gasteiger partial charge in [-0.25, -0.2) is 4.39 Å². The number of halogens is 1. The van der Waals surface area contributed by atoms with E-state index < -0.39 is 0 Å². The number of hydrogen-bond acceptors (Lipinski definition) is 4. The van der Waals surface area contributed by atoms with Crippen molar-refractivity contribution in [2.24, 2.45) is 5.92 Å². The highest BCUT2D eigenvalue weighted by atomic mass is 32.2. The second kappa shape index (κ2) is 10.0. The van der Waals surface area contributed by atoms with Crippen LogP contribution in [0.15, 0.2) is 65.6 Å². The number of benzene rings is 3. The lowest BCUT2D eigenvalue weighted by Crippen LogP contribution is -2.34. The van der Waals surface area contributed by atoms with E-state index in [4.69, 9.17) is 4.74 Å². The normalized spacial score (nSPS) is 18.3. The summed E-state index contributed by atoms with van der Waals surface area (Å²) in [6.07, 6.45) is 7.51. The van der Waals surface area contributed by atoms with Crippen LogP contribution in [0.2, 0.25) is 0 Å². The van der Waals surface area contributed by atoms with E-state index in [-0.39, 0.29) is 23.6 Å². The van der Waals surface area contributed by atoms with Crippen LogP contribution in [-0.4, -0.2) is 22.6 Å². The molecule has 0 aromatic heterocycles. The van der Waals surface area contributed by atoms with Crippen molar-refractivity contribution >= 4 is 39.8 Å². The van der Waals surface area contributed by atoms with Crippen LogP contribution in [0.25, 0.3) is 16.8 Å². The molecule has 1 aliphatic carbocycles. The van der Waals surface area contributed by atoms with Crippen molar-refractivity contribution in [3.63, 3.8) is 0 Å². The number of amides is 2. The van der Waals surface area contributed by atoms with Gasteiger partial charge < -0.3 is 4.74 Å². The average molecular weight is 476 g/mol. The molecule has 2 aliphatic rings. The lowest BCUT2D eigenvalue weighted by atomic mass is 9.89. The van der Waals surface area contributed by atoms with E-state index in [1.807, 2.05) is 36.4 Å². The number of hydrogen-bond donors (Lipinski definition) is 0. The number of thioether (sulfide) groups is 1. The zero-order chi connectivity index (χ0) is 23.5. The monoisotopic (exact) mass is 475 g/mol. The van der Waals surface area contributed by atoms with Crippen LogP contribution in [-0.2, 0) is 11.4 Å². The summed E-state index contributed by atoms with van der Waals surface area (Å²) < 4.78 is 19.4. The van der Waals surface area contributed by atoms with Crippen LogP contribution in [0.1, 0.15) is 43.2 Å². The Labute approximate surface area is 202 Å². The third-order valence-corrected chi connectivity index (χ3v) is 7.46. The smallest absolute Gasteiger partial charge is 0.293 e. The summed E-state index contributed by atoms with van der Waals surface area (Å²) in [6.45, 7) is 0.772. The largest absolute Gasteiger partial charge is 0.488 e. The number of carbonyl (C=O) groups excluding carboxylic acids is 2. The first-order chi connectivity index (χ1) is 16.6. The minimum Gasteiger partial charge on any atom is -0.488 e. The van der Waals surface area contributed by atoms with Gasteiger partial charge in [-0.3, -0.25) is 14.5 Å². The van der Waals surface area contributed by atoms with Crippen LogP contribution < -0.4 is 4.74 Å². The van der Waals surface area contributed by atoms with E-state index >= 15 is 0 Å². The van der Waals surface area contributed by atoms with Crippen LogP contribution in [0.4, 0.5) is 9.18 Å². The molecule has 1 saturated carbocycles. The molecule has 0 bridgehead atoms. The fraction of sp³-hybridized carbons (Fsp3) is 0.286. The van der Waals surface area contributed by atoms with Gasteiger partial charge in [0.05, 0.1) is 4.91 Å². The Morgan fingerprint density at radius 2 is 1.74 bits per heavy atom. The highest BCUT2D eigenvalue weighted by molar-refractivity contribution is 8.18. The molecule has 0 N–H and O–H groups in total. The third-order valence-electron chi connectivity index (χ3n) is 6.55. The van der Waals surface area contributed by atoms with Crippen molar-refractivity contribution in [1.29, 1.82) is 0 Å². The molecule has 3 aromatic carbocycles. The van der Waals surface area contributed by atoms with Gasteiger partial charge in [0.2, 0.25) is 0 Å². The Kier molecular flexibility index (Phi) is 6.68. The van der Waals surface area contributed by atoms with E-state index in [9.17, 15) is 14.0 Å². The third kappa shape index (κ3) is 4.87. The summed E-state index contributed by atoms with van der Waals surface area (Å²) in [7, 11) is 0. The summed E-state index contributed by atoms with van der Waals surface area (Å²) in [6, 6.07) is 17.9. The molecule has 4 nitrogen and oxygen atoms in total. The minimum absolute atomic E-state index is 0.198. The first kappa shape index (κ1) is 22.7. The summed E-state index contributed by atoms with van der Waals surface area (Å²) >= 11 is 1.000. The molecule has 34 heavy (non-hydrogen) atoms. The predicted octanol–water partition coefficient (Wildman–Crippen LogP) is 7.17. The molecule has 3 aromatic rings. The Morgan fingerprint density at radius 3 is 2.53 bits per heavy atom. The van der Waals surface area contributed by atoms with Gasteiger partial charge in [0.1, 0.15) is 18.2 Å². The van der Waals surface area contributed by atoms with Crippen molar-refractivity contribution in [3.8, 4) is 5.75 Å². The first-order valence-corrected chi connectivity index (χ1v) is 12.5. The number of nitrogens with zero attached hydrogens (tertiary/aromatic N) is 1. The molecule has 2 fully saturated rings. The topological polar surface area (TPSA) is 46.6 Å². The molecule has 2 amide bonds. The number of carbonyl (C=O) groups is 2. The van der Waals surface area contributed by atoms with Crippen LogP contribution in [0, 0.1) is 11.7 Å². The van der Waals surface area contributed by atoms with Gasteiger partial charge >= 0.3 is 0 Å². The van der Waals surface area contributed by atoms with Gasteiger partial charge in [0, 0.05) is 12.1 Å². The fourth-order valence-electron chi connectivity index (χ4n) is 4.71. The molecular formula is C28H26FNO3S. The van der Waals surface area contributed by atoms with Gasteiger partial charge in [-0.15, -0.1) is 0 Å². The number of imide groups is 1. The van der Waals surface area contributed by atoms with Gasteiger partial charge in [0.15, 0.2) is 0 Å². The van der Waals surface area contributed by atoms with Crippen molar-refractivity contribution in [2.45, 2.75) is 38.7 Å². The molecule has 1 heterocycles. The lowest BCUT2D eigenvalue weighted by molar-refractivity contribution is -0.123. The molecule has 1 aliphatic heterocycles. The number of fused-ring (bicyclic) bond motifs is 1. The molecule has 0 radical (unpaired) electrons. The highest BCUT2D eigenvalue weighted by Gasteiger charge is 2.36. The maximum Gasteiger partial charge on any atom is 0.293 e. The van der Waals surface area contributed by atoms with Crippen LogP contribution in [0.5, 0.6) is 5.75 Å². The molecule has 1 saturated heterocycles. The van der Waals surface area contributed by atoms with Crippen molar-refractivity contribution in [3.05, 3.63) is 82.5 Å². The molecule has 6 heteroatoms. The molecule has 0 unspecified atom stereocenters. The van der Waals surface area contributed by atoms with Crippen LogP contribution in [0.3, 0.4) is 0 Å². The summed E-state index contributed by atoms with van der Waals surface area (Å²) in [5.74, 6) is 0.493. The predicted molar refractivity (Wildman–Crippen MR) is 134 cm³/mol. The van der Waals surface area contributed by atoms with Crippen molar-refractivity contribution in [2.75, 3.05) is 6.54 Å². The summed E-state index contributed by atoms with van der Waals surface area (Å²) in [4.78, 5) is 27.7. The molecule has 5 rings (SSSR count). The SMILES string of the molecule is O=C1S/C(=C/c2c(OCc3ccc(F)cc3)ccc3ccccc23)C(=O)N1CC1CCCCC1. The van der Waals surface area contributed by atoms with E-state index in [0.29, 0.717) is 23.1 Å². The molecule has 0 spiro atoms. The van der Waals surface area contributed by atoms with Gasteiger partial charge in [-0.1, -0.05) is 61.7 Å². The van der Waals surface area contributed by atoms with Crippen molar-refractivity contribution < 1.29 is 18.7 Å². The molecule has 0 atom stereocenters. The van der Waals surface area contributed by atoms with E-state index in [0.717, 1.165) is 46.5 Å². The Hall–Kier alpha value is -3.12. The summed E-state index contributed by atoms with van der Waals surface area (Å²) in [5, 5.41) is 1.76. The lowest BCUT2D eigenvalue weighted by Gasteiger charge is -2.25. The van der Waals surface area contributed by atoms with Gasteiger partial charge in [-0.2, -0.15) is 0 Å². The first-order valence-electron chi connectivity index (χ1n) is 11.7. The number of rotatable bonds is 6. The van der Waals surface area contributed by atoms with Gasteiger partial charge in [0.25, 0.3) is 11.1 Å². The maximum absolute atomic E-state index is 13.2. The van der Waals surface area contributed by atoms with Crippen LogP contribution >= 0.6 is 11.8 Å². The number of ether oxygens (including phenoxy) is 1. The Morgan fingerprint density at radius 1 is 0.971 bits per heavy atom. The van der Waals surface area contributed by atoms with E-state index in [2.05, 4.69) is 0 Å². The second-order valence-electron chi connectivity index (χ2n) is 8.91. The minimum atomic E-state index is -0.293. The van der Waals surface area contributed by atoms with Gasteiger partial charge in [-0.05, 0) is 71.1 Å². The highest BCUT2D eigenvalue weighted by Crippen LogP contribution is 2.38. The standard InChI is InChI=1S/C28H26FNO3S/c29-22-13-10-20(11-14-22)18-33-25-15-12-21-8-4-5-9-23(21)24(25)16-26-27(31)30(28(32)34-26)17-19-6-2-1-3-7-19/h4-5,8-16,19H,1-3,6-7,17-18H2/b26-16+. The van der Waals surface area contributed by atoms with E-state index in [1.54, 1.807) is 18.2 Å². The van der Waals surface area contributed by atoms with Crippen molar-refractivity contribution in [1.82, 2.24) is 4.90 Å². The zero-order valence-corrected chi connectivity index (χ0v) is 19.7. The Bertz CT molecular complexity index is 1250. The summed E-state index contributed by atoms with van der Waals surface area (Å²) in [5.41, 5.74) is 1.61. The second-order valence-corrected chi connectivity index (χ2v) is 9.90. The molecule has 174 valence electrons. The molecular weight excluding hydrogens is 449 g/mol. The van der Waals surface area contributed by atoms with E-state index in [1.165, 1.54) is 36.3 Å². The zero-order valence-electron chi connectivity index (χ0n) is 18.8. The fourth-order valence-corrected chi connectivity index (χ4v) is 5.54. The maximum atomic E-state index is 13.2. The Balaban J connectivity index is 1.44.